The van der Waals surface area contributed by atoms with E-state index in [0.29, 0.717) is 29.4 Å². The number of nitrogens with zero attached hydrogens (tertiary/aromatic N) is 3. The molecule has 13 nitrogen and oxygen atoms in total. The van der Waals surface area contributed by atoms with Gasteiger partial charge in [0.25, 0.3) is 5.91 Å². The quantitative estimate of drug-likeness (QED) is 0.248. The fraction of sp³-hybridized carbons (Fsp3) is 0.583. The summed E-state index contributed by atoms with van der Waals surface area (Å²) >= 11 is 0. The Morgan fingerprint density at radius 1 is 1.30 bits per heavy atom. The van der Waals surface area contributed by atoms with Crippen LogP contribution in [0.25, 0.3) is 0 Å². The van der Waals surface area contributed by atoms with E-state index in [1.807, 2.05) is 6.07 Å². The van der Waals surface area contributed by atoms with Crippen LogP contribution in [-0.2, 0) is 10.2 Å². The van der Waals surface area contributed by atoms with E-state index in [9.17, 15) is 19.9 Å². The number of hydroxylamine groups is 2. The molecule has 3 fully saturated rings. The Morgan fingerprint density at radius 3 is 2.73 bits per heavy atom. The molecule has 4 heterocycles. The van der Waals surface area contributed by atoms with E-state index in [4.69, 9.17) is 15.6 Å². The lowest BCUT2D eigenvalue weighted by Gasteiger charge is -2.54. The van der Waals surface area contributed by atoms with Gasteiger partial charge in [-0.05, 0) is 24.8 Å². The van der Waals surface area contributed by atoms with E-state index in [1.165, 1.54) is 16.7 Å². The molecule has 200 valence electrons. The van der Waals surface area contributed by atoms with Gasteiger partial charge in [0.15, 0.2) is 11.6 Å². The zero-order valence-electron chi connectivity index (χ0n) is 21.3. The third-order valence-corrected chi connectivity index (χ3v) is 8.39. The monoisotopic (exact) mass is 514 g/mol. The van der Waals surface area contributed by atoms with Gasteiger partial charge in [-0.3, -0.25) is 25.6 Å². The third-order valence-electron chi connectivity index (χ3n) is 8.39. The smallest absolute Gasteiger partial charge is 0.255 e. The number of rotatable bonds is 5. The van der Waals surface area contributed by atoms with E-state index in [2.05, 4.69) is 29.8 Å². The minimum absolute atomic E-state index is 0.00922. The molecule has 0 aromatic heterocycles. The van der Waals surface area contributed by atoms with Crippen LogP contribution in [0.1, 0.15) is 43.1 Å². The van der Waals surface area contributed by atoms with Gasteiger partial charge in [-0.15, -0.1) is 0 Å². The van der Waals surface area contributed by atoms with E-state index < -0.39 is 35.3 Å². The molecule has 7 N–H and O–H groups in total. The molecule has 1 aromatic rings. The summed E-state index contributed by atoms with van der Waals surface area (Å²) in [6.07, 6.45) is 1.46. The highest BCUT2D eigenvalue weighted by molar-refractivity contribution is 5.98. The molecule has 0 saturated carbocycles. The van der Waals surface area contributed by atoms with Crippen LogP contribution in [0.5, 0.6) is 5.75 Å². The van der Waals surface area contributed by atoms with Crippen molar-refractivity contribution >= 4 is 24.2 Å². The SMILES string of the molecule is CN(C=O)CC1NC(=N)N2C[C@H](NC(=O)c3cccc4c3OCCC4(C)C)[C@](C)(O)C23[C@H]1NC(=N)N3O. The maximum Gasteiger partial charge on any atom is 0.255 e. The molecular weight excluding hydrogens is 480 g/mol. The van der Waals surface area contributed by atoms with Crippen molar-refractivity contribution < 1.29 is 24.6 Å². The zero-order valence-corrected chi connectivity index (χ0v) is 21.3. The number of fused-ring (bicyclic) bond motifs is 1. The first kappa shape index (κ1) is 25.1. The van der Waals surface area contributed by atoms with Crippen LogP contribution in [0, 0.1) is 10.8 Å². The first-order chi connectivity index (χ1) is 17.4. The number of para-hydroxylation sites is 1. The molecule has 1 aromatic carbocycles. The van der Waals surface area contributed by atoms with Gasteiger partial charge in [-0.1, -0.05) is 26.0 Å². The van der Waals surface area contributed by atoms with Gasteiger partial charge in [-0.25, -0.2) is 0 Å². The summed E-state index contributed by atoms with van der Waals surface area (Å²) < 4.78 is 5.90. The molecule has 5 rings (SSSR count). The molecular formula is C24H34N8O5. The van der Waals surface area contributed by atoms with Gasteiger partial charge >= 0.3 is 0 Å². The number of benzene rings is 1. The van der Waals surface area contributed by atoms with Crippen LogP contribution in [0.15, 0.2) is 18.2 Å². The second-order valence-corrected chi connectivity index (χ2v) is 11.1. The van der Waals surface area contributed by atoms with E-state index in [-0.39, 0.29) is 30.4 Å². The number of carbonyl (C=O) groups excluding carboxylic acids is 2. The molecule has 37 heavy (non-hydrogen) atoms. The summed E-state index contributed by atoms with van der Waals surface area (Å²) in [4.78, 5) is 27.7. The lowest BCUT2D eigenvalue weighted by atomic mass is 9.77. The highest BCUT2D eigenvalue weighted by Gasteiger charge is 2.75. The Bertz CT molecular complexity index is 1170. The Hall–Kier alpha value is -3.58. The normalized spacial score (nSPS) is 33.4. The van der Waals surface area contributed by atoms with Crippen molar-refractivity contribution in [2.75, 3.05) is 26.7 Å². The van der Waals surface area contributed by atoms with Gasteiger partial charge in [0.2, 0.25) is 12.4 Å². The fourth-order valence-electron chi connectivity index (χ4n) is 6.31. The minimum atomic E-state index is -1.83. The largest absolute Gasteiger partial charge is 0.492 e. The maximum atomic E-state index is 13.6. The van der Waals surface area contributed by atoms with Gasteiger partial charge in [-0.2, -0.15) is 5.06 Å². The lowest BCUT2D eigenvalue weighted by Crippen LogP contribution is -2.80. The van der Waals surface area contributed by atoms with Crippen LogP contribution in [-0.4, -0.2) is 106 Å². The summed E-state index contributed by atoms with van der Waals surface area (Å²) in [6, 6.07) is 3.08. The van der Waals surface area contributed by atoms with E-state index in [0.717, 1.165) is 12.0 Å². The molecule has 3 saturated heterocycles. The van der Waals surface area contributed by atoms with Crippen LogP contribution in [0.4, 0.5) is 0 Å². The number of amides is 2. The van der Waals surface area contributed by atoms with Crippen molar-refractivity contribution in [3.8, 4) is 5.75 Å². The molecule has 2 amide bonds. The average Bonchev–Trinajstić information content (AvgIpc) is 3.25. The van der Waals surface area contributed by atoms with Crippen molar-refractivity contribution in [2.24, 2.45) is 0 Å². The van der Waals surface area contributed by atoms with E-state index in [1.54, 1.807) is 19.2 Å². The number of ether oxygens (including phenoxy) is 1. The maximum absolute atomic E-state index is 13.6. The van der Waals surface area contributed by atoms with Gasteiger partial charge in [0.1, 0.15) is 11.4 Å². The highest BCUT2D eigenvalue weighted by atomic mass is 16.5. The molecule has 0 aliphatic carbocycles. The average molecular weight is 515 g/mol. The summed E-state index contributed by atoms with van der Waals surface area (Å²) in [5.41, 5.74) is -2.40. The second kappa shape index (κ2) is 8.21. The van der Waals surface area contributed by atoms with Crippen LogP contribution in [0.2, 0.25) is 0 Å². The molecule has 4 aliphatic heterocycles. The number of aliphatic hydroxyl groups is 1. The standard InChI is InChI=1S/C24H34N8O5/c1-22(2)8-9-37-17-13(6-5-7-14(17)22)19(34)28-16-11-31-20(25)27-15(10-30(4)12-33)18-24(31,23(16,3)35)32(36)21(26)29-18/h5-7,12,15-16,18,35-36H,8-11H2,1-4H3,(H2,25,27)(H2,26,29)(H,28,34)/t15?,16-,18-,23-,24?/m0/s1. The predicted octanol–water partition coefficient (Wildman–Crippen LogP) is -0.799. The summed E-state index contributed by atoms with van der Waals surface area (Å²) in [5.74, 6) is -0.391. The Labute approximate surface area is 214 Å². The Balaban J connectivity index is 1.50. The van der Waals surface area contributed by atoms with Gasteiger partial charge < -0.3 is 35.6 Å². The van der Waals surface area contributed by atoms with Gasteiger partial charge in [0.05, 0.1) is 30.3 Å². The van der Waals surface area contributed by atoms with Crippen LogP contribution < -0.4 is 20.7 Å². The number of nitrogens with one attached hydrogen (secondary N) is 5. The van der Waals surface area contributed by atoms with Crippen molar-refractivity contribution in [1.29, 1.82) is 10.8 Å². The molecule has 4 aliphatic rings. The van der Waals surface area contributed by atoms with Crippen molar-refractivity contribution in [3.05, 3.63) is 29.3 Å². The predicted molar refractivity (Wildman–Crippen MR) is 133 cm³/mol. The Morgan fingerprint density at radius 2 is 2.03 bits per heavy atom. The number of likely N-dealkylation sites (N-methyl/N-ethyl adjacent to an activating group) is 1. The Kier molecular flexibility index (Phi) is 5.57. The van der Waals surface area contributed by atoms with E-state index >= 15 is 0 Å². The number of guanidine groups is 2. The minimum Gasteiger partial charge on any atom is -0.492 e. The number of hydrogen-bond acceptors (Lipinski definition) is 7. The topological polar surface area (TPSA) is 177 Å². The highest BCUT2D eigenvalue weighted by Crippen LogP contribution is 2.48. The van der Waals surface area contributed by atoms with Gasteiger partial charge in [0, 0.05) is 25.7 Å². The summed E-state index contributed by atoms with van der Waals surface area (Å²) in [7, 11) is 1.58. The van der Waals surface area contributed by atoms with Crippen LogP contribution in [0.3, 0.4) is 0 Å². The van der Waals surface area contributed by atoms with Crippen molar-refractivity contribution in [2.45, 2.75) is 62.0 Å². The fourth-order valence-corrected chi connectivity index (χ4v) is 6.31. The van der Waals surface area contributed by atoms with Crippen molar-refractivity contribution in [1.82, 2.24) is 30.8 Å². The number of hydrogen-bond donors (Lipinski definition) is 7. The molecule has 0 bridgehead atoms. The zero-order chi connectivity index (χ0) is 26.9. The molecule has 2 unspecified atom stereocenters. The summed E-state index contributed by atoms with van der Waals surface area (Å²) in [6.45, 7) is 6.31. The first-order valence-corrected chi connectivity index (χ1v) is 12.3. The molecule has 0 radical (unpaired) electrons. The first-order valence-electron chi connectivity index (χ1n) is 12.3. The van der Waals surface area contributed by atoms with Crippen molar-refractivity contribution in [3.63, 3.8) is 0 Å². The lowest BCUT2D eigenvalue weighted by molar-refractivity contribution is -0.218. The number of carbonyl (C=O) groups is 2. The second-order valence-electron chi connectivity index (χ2n) is 11.1. The molecule has 5 atom stereocenters. The third kappa shape index (κ3) is 3.37. The van der Waals surface area contributed by atoms with Crippen LogP contribution >= 0.6 is 0 Å². The summed E-state index contributed by atoms with van der Waals surface area (Å²) in [5, 5.41) is 49.5. The molecule has 1 spiro atoms. The molecule has 13 heteroatoms.